The van der Waals surface area contributed by atoms with Gasteiger partial charge >= 0.3 is 0 Å². The first-order valence-corrected chi connectivity index (χ1v) is 10.6. The maximum absolute atomic E-state index is 13.0. The van der Waals surface area contributed by atoms with E-state index in [0.717, 1.165) is 41.8 Å². The van der Waals surface area contributed by atoms with Gasteiger partial charge in [-0.05, 0) is 34.4 Å². The van der Waals surface area contributed by atoms with Crippen molar-refractivity contribution in [1.82, 2.24) is 4.90 Å². The van der Waals surface area contributed by atoms with Crippen LogP contribution in [-0.2, 0) is 22.6 Å². The number of benzene rings is 3. The highest BCUT2D eigenvalue weighted by molar-refractivity contribution is 5.97. The molecule has 1 atom stereocenters. The number of carbonyl (C=O) groups is 2. The number of hydrogen-bond acceptors (Lipinski definition) is 4. The van der Waals surface area contributed by atoms with Gasteiger partial charge in [0.2, 0.25) is 5.91 Å². The molecule has 0 radical (unpaired) electrons. The van der Waals surface area contributed by atoms with Crippen LogP contribution >= 0.6 is 0 Å². The fourth-order valence-electron chi connectivity index (χ4n) is 4.13. The number of rotatable bonds is 6. The van der Waals surface area contributed by atoms with E-state index in [4.69, 9.17) is 5.73 Å². The molecule has 1 unspecified atom stereocenters. The van der Waals surface area contributed by atoms with Crippen molar-refractivity contribution in [2.45, 2.75) is 19.0 Å². The predicted molar refractivity (Wildman–Crippen MR) is 124 cm³/mol. The number of nitrogens with zero attached hydrogens (tertiary/aromatic N) is 2. The smallest absolute Gasteiger partial charge is 0.245 e. The summed E-state index contributed by atoms with van der Waals surface area (Å²) in [5, 5.41) is 0. The van der Waals surface area contributed by atoms with E-state index in [2.05, 4.69) is 17.0 Å². The molecule has 5 nitrogen and oxygen atoms in total. The lowest BCUT2D eigenvalue weighted by atomic mass is 9.98. The van der Waals surface area contributed by atoms with E-state index in [9.17, 15) is 9.59 Å². The van der Waals surface area contributed by atoms with E-state index in [0.29, 0.717) is 19.5 Å². The zero-order valence-corrected chi connectivity index (χ0v) is 17.5. The Morgan fingerprint density at radius 3 is 2.35 bits per heavy atom. The molecule has 1 aliphatic rings. The first-order valence-electron chi connectivity index (χ1n) is 10.6. The first kappa shape index (κ1) is 21.0. The molecule has 1 amide bonds. The highest BCUT2D eigenvalue weighted by Gasteiger charge is 2.28. The maximum Gasteiger partial charge on any atom is 0.245 e. The summed E-state index contributed by atoms with van der Waals surface area (Å²) in [5.41, 5.74) is 11.4. The molecule has 0 saturated carbocycles. The summed E-state index contributed by atoms with van der Waals surface area (Å²) < 4.78 is 0. The van der Waals surface area contributed by atoms with Gasteiger partial charge in [-0.1, -0.05) is 66.7 Å². The molecule has 1 aliphatic heterocycles. The highest BCUT2D eigenvalue weighted by Crippen LogP contribution is 2.27. The summed E-state index contributed by atoms with van der Waals surface area (Å²) in [6.07, 6.45) is 1.31. The Hall–Kier alpha value is -3.28. The van der Waals surface area contributed by atoms with Crippen LogP contribution in [-0.4, -0.2) is 42.8 Å². The lowest BCUT2D eigenvalue weighted by molar-refractivity contribution is -0.119. The normalized spacial score (nSPS) is 17.4. The second kappa shape index (κ2) is 9.69. The van der Waals surface area contributed by atoms with Gasteiger partial charge < -0.3 is 15.4 Å². The summed E-state index contributed by atoms with van der Waals surface area (Å²) in [7, 11) is 0. The monoisotopic (exact) mass is 413 g/mol. The van der Waals surface area contributed by atoms with Crippen molar-refractivity contribution in [1.29, 1.82) is 0 Å². The van der Waals surface area contributed by atoms with E-state index < -0.39 is 6.04 Å². The number of anilines is 1. The standard InChI is InChI=1S/C26H27N3O2/c27-25-19-28(18-20-6-2-1-3-7-20)15-16-29(26(25)31)23-12-10-22(11-13-23)24-9-5-4-8-21(24)14-17-30/h1-13,17,25H,14-16,18-19,27H2. The maximum atomic E-state index is 13.0. The zero-order chi connectivity index (χ0) is 21.6. The molecule has 158 valence electrons. The van der Waals surface area contributed by atoms with Crippen molar-refractivity contribution in [3.8, 4) is 11.1 Å². The SMILES string of the molecule is NC1CN(Cc2ccccc2)CCN(c2ccc(-c3ccccc3CC=O)cc2)C1=O. The number of carbonyl (C=O) groups excluding carboxylic acids is 2. The summed E-state index contributed by atoms with van der Waals surface area (Å²) in [5.74, 6) is -0.0512. The van der Waals surface area contributed by atoms with E-state index >= 15 is 0 Å². The number of hydrogen-bond donors (Lipinski definition) is 1. The van der Waals surface area contributed by atoms with Gasteiger partial charge in [-0.15, -0.1) is 0 Å². The lowest BCUT2D eigenvalue weighted by Crippen LogP contribution is -2.45. The van der Waals surface area contributed by atoms with Crippen LogP contribution in [0.4, 0.5) is 5.69 Å². The van der Waals surface area contributed by atoms with E-state index in [1.807, 2.05) is 66.7 Å². The molecule has 3 aromatic carbocycles. The number of nitrogens with two attached hydrogens (primary N) is 1. The average Bonchev–Trinajstić information content (AvgIpc) is 2.93. The van der Waals surface area contributed by atoms with Gasteiger partial charge in [0.25, 0.3) is 0 Å². The van der Waals surface area contributed by atoms with Crippen molar-refractivity contribution in [3.63, 3.8) is 0 Å². The van der Waals surface area contributed by atoms with Crippen molar-refractivity contribution in [3.05, 3.63) is 90.0 Å². The molecule has 5 heteroatoms. The minimum atomic E-state index is -0.556. The van der Waals surface area contributed by atoms with Crippen LogP contribution in [0.3, 0.4) is 0 Å². The molecule has 2 N–H and O–H groups in total. The van der Waals surface area contributed by atoms with Crippen LogP contribution in [0.5, 0.6) is 0 Å². The largest absolute Gasteiger partial charge is 0.319 e. The Balaban J connectivity index is 1.51. The molecule has 31 heavy (non-hydrogen) atoms. The summed E-state index contributed by atoms with van der Waals surface area (Å²) >= 11 is 0. The topological polar surface area (TPSA) is 66.6 Å². The van der Waals surface area contributed by atoms with Crippen LogP contribution in [0.1, 0.15) is 11.1 Å². The predicted octanol–water partition coefficient (Wildman–Crippen LogP) is 3.27. The fraction of sp³-hybridized carbons (Fsp3) is 0.231. The molecule has 0 aromatic heterocycles. The van der Waals surface area contributed by atoms with Gasteiger partial charge in [-0.25, -0.2) is 0 Å². The van der Waals surface area contributed by atoms with E-state index in [-0.39, 0.29) is 5.91 Å². The molecule has 1 fully saturated rings. The van der Waals surface area contributed by atoms with Gasteiger partial charge in [0.1, 0.15) is 6.29 Å². The molecule has 1 heterocycles. The van der Waals surface area contributed by atoms with Crippen LogP contribution < -0.4 is 10.6 Å². The molecule has 1 saturated heterocycles. The first-order chi connectivity index (χ1) is 15.2. The van der Waals surface area contributed by atoms with Crippen LogP contribution in [0.15, 0.2) is 78.9 Å². The van der Waals surface area contributed by atoms with Crippen molar-refractivity contribution in [2.24, 2.45) is 5.73 Å². The van der Waals surface area contributed by atoms with Gasteiger partial charge in [0, 0.05) is 38.3 Å². The second-order valence-corrected chi connectivity index (χ2v) is 7.89. The van der Waals surface area contributed by atoms with Gasteiger partial charge in [-0.2, -0.15) is 0 Å². The molecule has 4 rings (SSSR count). The van der Waals surface area contributed by atoms with E-state index in [1.54, 1.807) is 4.90 Å². The van der Waals surface area contributed by atoms with Crippen molar-refractivity contribution >= 4 is 17.9 Å². The molecule has 0 aliphatic carbocycles. The van der Waals surface area contributed by atoms with Crippen LogP contribution in [0.2, 0.25) is 0 Å². The minimum absolute atomic E-state index is 0.0512. The van der Waals surface area contributed by atoms with E-state index in [1.165, 1.54) is 5.56 Å². The fourth-order valence-corrected chi connectivity index (χ4v) is 4.13. The number of amides is 1. The Morgan fingerprint density at radius 2 is 1.61 bits per heavy atom. The third-order valence-electron chi connectivity index (χ3n) is 5.74. The Labute approximate surface area is 183 Å². The van der Waals surface area contributed by atoms with Gasteiger partial charge in [0.05, 0.1) is 6.04 Å². The molecular weight excluding hydrogens is 386 g/mol. The molecule has 3 aromatic rings. The third kappa shape index (κ3) is 4.90. The zero-order valence-electron chi connectivity index (χ0n) is 17.5. The van der Waals surface area contributed by atoms with Crippen LogP contribution in [0, 0.1) is 0 Å². The summed E-state index contributed by atoms with van der Waals surface area (Å²) in [4.78, 5) is 28.0. The molecule has 0 bridgehead atoms. The van der Waals surface area contributed by atoms with Crippen LogP contribution in [0.25, 0.3) is 11.1 Å². The second-order valence-electron chi connectivity index (χ2n) is 7.89. The summed E-state index contributed by atoms with van der Waals surface area (Å²) in [6.45, 7) is 2.68. The van der Waals surface area contributed by atoms with Gasteiger partial charge in [0.15, 0.2) is 0 Å². The quantitative estimate of drug-likeness (QED) is 0.630. The summed E-state index contributed by atoms with van der Waals surface area (Å²) in [6, 6.07) is 25.5. The average molecular weight is 414 g/mol. The highest BCUT2D eigenvalue weighted by atomic mass is 16.2. The Morgan fingerprint density at radius 1 is 0.903 bits per heavy atom. The molecule has 0 spiro atoms. The lowest BCUT2D eigenvalue weighted by Gasteiger charge is -2.23. The Kier molecular flexibility index (Phi) is 6.55. The van der Waals surface area contributed by atoms with Gasteiger partial charge in [-0.3, -0.25) is 9.69 Å². The number of aldehydes is 1. The minimum Gasteiger partial charge on any atom is -0.319 e. The van der Waals surface area contributed by atoms with Crippen molar-refractivity contribution in [2.75, 3.05) is 24.5 Å². The van der Waals surface area contributed by atoms with Crippen molar-refractivity contribution < 1.29 is 9.59 Å². The Bertz CT molecular complexity index is 1030. The third-order valence-corrected chi connectivity index (χ3v) is 5.74. The molecular formula is C26H27N3O2.